The van der Waals surface area contributed by atoms with E-state index in [0.29, 0.717) is 12.0 Å². The summed E-state index contributed by atoms with van der Waals surface area (Å²) in [5.74, 6) is 0.505. The molecule has 1 aliphatic rings. The van der Waals surface area contributed by atoms with E-state index in [1.165, 1.54) is 0 Å². The zero-order chi connectivity index (χ0) is 15.4. The minimum atomic E-state index is -4.54. The molecule has 0 fully saturated rings. The Kier molecular flexibility index (Phi) is 3.00. The van der Waals surface area contributed by atoms with Crippen LogP contribution in [0.15, 0.2) is 23.0 Å². The van der Waals surface area contributed by atoms with E-state index in [1.807, 2.05) is 6.92 Å². The Bertz CT molecular complexity index is 764. The molecule has 21 heavy (non-hydrogen) atoms. The second kappa shape index (κ2) is 4.51. The van der Waals surface area contributed by atoms with Crippen LogP contribution in [0.25, 0.3) is 10.9 Å². The summed E-state index contributed by atoms with van der Waals surface area (Å²) >= 11 is 0. The Balaban J connectivity index is 2.34. The lowest BCUT2D eigenvalue weighted by Crippen LogP contribution is -2.24. The molecule has 2 aromatic rings. The number of pyridine rings is 1. The van der Waals surface area contributed by atoms with Crippen molar-refractivity contribution in [1.82, 2.24) is 4.98 Å². The number of benzene rings is 1. The molecule has 1 aromatic heterocycles. The van der Waals surface area contributed by atoms with Gasteiger partial charge in [0.2, 0.25) is 5.56 Å². The van der Waals surface area contributed by atoms with Gasteiger partial charge >= 0.3 is 6.18 Å². The standard InChI is InChI=1S/C15H15F3N2O/c1-7-6-19-12-5-13-10(3-9(12)8(7)2)11(15(16,17)18)4-14(21)20-13/h3-5,7-8,19H,6H2,1-2H3,(H,20,21)/t7-,8?/m0/s1. The molecule has 6 heteroatoms. The van der Waals surface area contributed by atoms with Crippen LogP contribution in [-0.2, 0) is 6.18 Å². The molecule has 0 radical (unpaired) electrons. The van der Waals surface area contributed by atoms with Crippen molar-refractivity contribution >= 4 is 16.6 Å². The van der Waals surface area contributed by atoms with E-state index < -0.39 is 17.3 Å². The number of aromatic amines is 1. The van der Waals surface area contributed by atoms with Gasteiger partial charge in [-0.1, -0.05) is 13.8 Å². The first-order chi connectivity index (χ1) is 9.77. The molecular formula is C15H15F3N2O. The Labute approximate surface area is 119 Å². The van der Waals surface area contributed by atoms with Gasteiger partial charge in [-0.2, -0.15) is 13.2 Å². The average molecular weight is 296 g/mol. The van der Waals surface area contributed by atoms with Crippen LogP contribution in [0.1, 0.15) is 30.9 Å². The van der Waals surface area contributed by atoms with Crippen molar-refractivity contribution in [3.05, 3.63) is 39.7 Å². The summed E-state index contributed by atoms with van der Waals surface area (Å²) in [7, 11) is 0. The van der Waals surface area contributed by atoms with E-state index in [-0.39, 0.29) is 16.8 Å². The van der Waals surface area contributed by atoms with Crippen LogP contribution in [0.4, 0.5) is 18.9 Å². The van der Waals surface area contributed by atoms with E-state index in [9.17, 15) is 18.0 Å². The molecule has 2 atom stereocenters. The van der Waals surface area contributed by atoms with Crippen LogP contribution >= 0.6 is 0 Å². The highest BCUT2D eigenvalue weighted by Crippen LogP contribution is 2.40. The summed E-state index contributed by atoms with van der Waals surface area (Å²) in [6, 6.07) is 3.78. The minimum absolute atomic E-state index is 0.0450. The molecular weight excluding hydrogens is 281 g/mol. The Morgan fingerprint density at radius 1 is 1.19 bits per heavy atom. The van der Waals surface area contributed by atoms with Gasteiger partial charge in [-0.15, -0.1) is 0 Å². The number of anilines is 1. The van der Waals surface area contributed by atoms with Gasteiger partial charge in [-0.3, -0.25) is 4.79 Å². The van der Waals surface area contributed by atoms with Gasteiger partial charge in [0, 0.05) is 23.7 Å². The molecule has 1 unspecified atom stereocenters. The Morgan fingerprint density at radius 2 is 1.90 bits per heavy atom. The molecule has 0 aliphatic carbocycles. The Hall–Kier alpha value is -1.98. The third kappa shape index (κ3) is 2.28. The molecule has 112 valence electrons. The summed E-state index contributed by atoms with van der Waals surface area (Å²) in [5.41, 5.74) is 0.242. The second-order valence-corrected chi connectivity index (χ2v) is 5.68. The van der Waals surface area contributed by atoms with Crippen molar-refractivity contribution in [3.63, 3.8) is 0 Å². The molecule has 0 spiro atoms. The molecule has 2 heterocycles. The number of rotatable bonds is 0. The van der Waals surface area contributed by atoms with Crippen LogP contribution in [0, 0.1) is 5.92 Å². The van der Waals surface area contributed by atoms with Gasteiger partial charge in [0.05, 0.1) is 11.1 Å². The van der Waals surface area contributed by atoms with Crippen LogP contribution < -0.4 is 10.9 Å². The second-order valence-electron chi connectivity index (χ2n) is 5.68. The van der Waals surface area contributed by atoms with Gasteiger partial charge in [0.1, 0.15) is 0 Å². The minimum Gasteiger partial charge on any atom is -0.384 e. The fourth-order valence-corrected chi connectivity index (χ4v) is 2.84. The molecule has 0 bridgehead atoms. The Morgan fingerprint density at radius 3 is 2.57 bits per heavy atom. The highest BCUT2D eigenvalue weighted by Gasteiger charge is 2.34. The van der Waals surface area contributed by atoms with Crippen molar-refractivity contribution < 1.29 is 13.2 Å². The van der Waals surface area contributed by atoms with Gasteiger partial charge in [0.15, 0.2) is 0 Å². The monoisotopic (exact) mass is 296 g/mol. The topological polar surface area (TPSA) is 44.9 Å². The number of H-pyrrole nitrogens is 1. The number of hydrogen-bond acceptors (Lipinski definition) is 2. The maximum atomic E-state index is 13.1. The smallest absolute Gasteiger partial charge is 0.384 e. The van der Waals surface area contributed by atoms with E-state index in [2.05, 4.69) is 17.2 Å². The van der Waals surface area contributed by atoms with E-state index in [1.54, 1.807) is 12.1 Å². The summed E-state index contributed by atoms with van der Waals surface area (Å²) < 4.78 is 39.4. The van der Waals surface area contributed by atoms with Crippen LogP contribution in [-0.4, -0.2) is 11.5 Å². The molecule has 0 saturated heterocycles. The first-order valence-electron chi connectivity index (χ1n) is 6.79. The van der Waals surface area contributed by atoms with Crippen LogP contribution in [0.2, 0.25) is 0 Å². The third-order valence-corrected chi connectivity index (χ3v) is 4.28. The predicted molar refractivity (Wildman–Crippen MR) is 75.6 cm³/mol. The molecule has 1 aromatic carbocycles. The molecule has 1 aliphatic heterocycles. The SMILES string of the molecule is CC1c2cc3c(C(F)(F)F)cc(=O)[nH]c3cc2NC[C@@H]1C. The van der Waals surface area contributed by atoms with Gasteiger partial charge in [-0.25, -0.2) is 0 Å². The summed E-state index contributed by atoms with van der Waals surface area (Å²) in [6.45, 7) is 4.83. The van der Waals surface area contributed by atoms with Crippen molar-refractivity contribution in [3.8, 4) is 0 Å². The normalized spacial score (nSPS) is 22.0. The van der Waals surface area contributed by atoms with Gasteiger partial charge < -0.3 is 10.3 Å². The fourth-order valence-electron chi connectivity index (χ4n) is 2.84. The first kappa shape index (κ1) is 14.0. The summed E-state index contributed by atoms with van der Waals surface area (Å²) in [5, 5.41) is 3.25. The van der Waals surface area contributed by atoms with Gasteiger partial charge in [0.25, 0.3) is 0 Å². The maximum absolute atomic E-state index is 13.1. The van der Waals surface area contributed by atoms with Gasteiger partial charge in [-0.05, 0) is 29.5 Å². The highest BCUT2D eigenvalue weighted by atomic mass is 19.4. The lowest BCUT2D eigenvalue weighted by molar-refractivity contribution is -0.136. The number of nitrogens with one attached hydrogen (secondary N) is 2. The zero-order valence-electron chi connectivity index (χ0n) is 11.6. The fraction of sp³-hybridized carbons (Fsp3) is 0.400. The molecule has 3 rings (SSSR count). The number of aromatic nitrogens is 1. The summed E-state index contributed by atoms with van der Waals surface area (Å²) in [6.07, 6.45) is -4.54. The van der Waals surface area contributed by atoms with Crippen molar-refractivity contribution in [1.29, 1.82) is 0 Å². The summed E-state index contributed by atoms with van der Waals surface area (Å²) in [4.78, 5) is 13.9. The number of fused-ring (bicyclic) bond motifs is 2. The van der Waals surface area contributed by atoms with E-state index >= 15 is 0 Å². The third-order valence-electron chi connectivity index (χ3n) is 4.28. The lowest BCUT2D eigenvalue weighted by Gasteiger charge is -2.30. The van der Waals surface area contributed by atoms with Crippen LogP contribution in [0.3, 0.4) is 0 Å². The zero-order valence-corrected chi connectivity index (χ0v) is 11.6. The number of alkyl halides is 3. The molecule has 2 N–H and O–H groups in total. The van der Waals surface area contributed by atoms with Crippen molar-refractivity contribution in [2.24, 2.45) is 5.92 Å². The van der Waals surface area contributed by atoms with Crippen LogP contribution in [0.5, 0.6) is 0 Å². The molecule has 3 nitrogen and oxygen atoms in total. The molecule has 0 amide bonds. The molecule has 0 saturated carbocycles. The average Bonchev–Trinajstić information content (AvgIpc) is 2.39. The van der Waals surface area contributed by atoms with E-state index in [4.69, 9.17) is 0 Å². The number of halogens is 3. The predicted octanol–water partition coefficient (Wildman–Crippen LogP) is 3.71. The maximum Gasteiger partial charge on any atom is 0.417 e. The lowest BCUT2D eigenvalue weighted by atomic mass is 9.83. The highest BCUT2D eigenvalue weighted by molar-refractivity contribution is 5.87. The van der Waals surface area contributed by atoms with Crippen molar-refractivity contribution in [2.45, 2.75) is 25.9 Å². The van der Waals surface area contributed by atoms with Crippen molar-refractivity contribution in [2.75, 3.05) is 11.9 Å². The first-order valence-corrected chi connectivity index (χ1v) is 6.79. The quantitative estimate of drug-likeness (QED) is 0.778. The number of hydrogen-bond donors (Lipinski definition) is 2. The van der Waals surface area contributed by atoms with E-state index in [0.717, 1.165) is 17.8 Å². The largest absolute Gasteiger partial charge is 0.417 e.